The highest BCUT2D eigenvalue weighted by atomic mass is 35.5. The minimum absolute atomic E-state index is 0.290. The Morgan fingerprint density at radius 2 is 1.89 bits per heavy atom. The summed E-state index contributed by atoms with van der Waals surface area (Å²) in [5.41, 5.74) is -0.0810. The highest BCUT2D eigenvalue weighted by Crippen LogP contribution is 2.29. The maximum absolute atomic E-state index is 13.2. The lowest BCUT2D eigenvalue weighted by Gasteiger charge is -2.23. The van der Waals surface area contributed by atoms with Crippen molar-refractivity contribution in [1.82, 2.24) is 15.1 Å². The van der Waals surface area contributed by atoms with Gasteiger partial charge in [-0.05, 0) is 42.3 Å². The topological polar surface area (TPSA) is 69.7 Å². The number of rotatable bonds is 5. The van der Waals surface area contributed by atoms with Crippen LogP contribution in [0.5, 0.6) is 0 Å². The summed E-state index contributed by atoms with van der Waals surface area (Å²) in [4.78, 5) is 40.0. The van der Waals surface area contributed by atoms with Crippen molar-refractivity contribution in [2.24, 2.45) is 0 Å². The van der Waals surface area contributed by atoms with Crippen LogP contribution in [0.4, 0.5) is 9.18 Å². The summed E-state index contributed by atoms with van der Waals surface area (Å²) >= 11 is 5.95. The molecule has 1 aliphatic rings. The third kappa shape index (κ3) is 3.84. The molecule has 8 heteroatoms. The number of urea groups is 1. The number of carbonyl (C=O) groups is 3. The quantitative estimate of drug-likeness (QED) is 0.780. The molecule has 1 atom stereocenters. The predicted molar refractivity (Wildman–Crippen MR) is 102 cm³/mol. The highest BCUT2D eigenvalue weighted by molar-refractivity contribution is 6.30. The summed E-state index contributed by atoms with van der Waals surface area (Å²) in [5, 5.41) is 3.15. The zero-order valence-corrected chi connectivity index (χ0v) is 16.2. The highest BCUT2D eigenvalue weighted by Gasteiger charge is 2.49. The first kappa shape index (κ1) is 19.8. The Labute approximate surface area is 166 Å². The van der Waals surface area contributed by atoms with E-state index in [1.165, 1.54) is 36.1 Å². The molecule has 0 aromatic heterocycles. The molecule has 28 heavy (non-hydrogen) atoms. The molecule has 0 bridgehead atoms. The Kier molecular flexibility index (Phi) is 5.38. The molecule has 0 spiro atoms. The van der Waals surface area contributed by atoms with Crippen LogP contribution in [0, 0.1) is 5.82 Å². The van der Waals surface area contributed by atoms with Gasteiger partial charge in [0.05, 0.1) is 0 Å². The van der Waals surface area contributed by atoms with E-state index in [1.54, 1.807) is 25.2 Å². The number of hydrogen-bond acceptors (Lipinski definition) is 3. The first-order valence-corrected chi connectivity index (χ1v) is 8.97. The lowest BCUT2D eigenvalue weighted by molar-refractivity contribution is -0.138. The van der Waals surface area contributed by atoms with E-state index in [9.17, 15) is 18.8 Å². The Bertz CT molecular complexity index is 935. The number of hydrogen-bond donors (Lipinski definition) is 1. The molecule has 2 aromatic rings. The SMILES string of the molecule is CN(Cc1cccc(Cl)c1)C(=O)CN1C(=O)NC(C)(c2ccc(F)cc2)C1=O. The van der Waals surface area contributed by atoms with Gasteiger partial charge in [-0.2, -0.15) is 0 Å². The van der Waals surface area contributed by atoms with Gasteiger partial charge in [-0.1, -0.05) is 35.9 Å². The third-order valence-electron chi connectivity index (χ3n) is 4.72. The molecule has 3 rings (SSSR count). The molecule has 0 aliphatic carbocycles. The van der Waals surface area contributed by atoms with Crippen LogP contribution in [0.1, 0.15) is 18.1 Å². The Balaban J connectivity index is 1.71. The van der Waals surface area contributed by atoms with E-state index in [-0.39, 0.29) is 6.54 Å². The average Bonchev–Trinajstić information content (AvgIpc) is 2.86. The van der Waals surface area contributed by atoms with Crippen molar-refractivity contribution in [3.05, 3.63) is 70.5 Å². The second-order valence-electron chi connectivity index (χ2n) is 6.83. The maximum Gasteiger partial charge on any atom is 0.325 e. The largest absolute Gasteiger partial charge is 0.340 e. The molecule has 0 saturated carbocycles. The van der Waals surface area contributed by atoms with E-state index in [4.69, 9.17) is 11.6 Å². The molecule has 146 valence electrons. The minimum Gasteiger partial charge on any atom is -0.340 e. The molecule has 1 saturated heterocycles. The summed E-state index contributed by atoms with van der Waals surface area (Å²) in [6.45, 7) is 1.43. The van der Waals surface area contributed by atoms with Crippen LogP contribution in [-0.2, 0) is 21.7 Å². The zero-order chi connectivity index (χ0) is 20.5. The molecule has 2 aromatic carbocycles. The van der Waals surface area contributed by atoms with Gasteiger partial charge in [0.15, 0.2) is 0 Å². The van der Waals surface area contributed by atoms with Crippen molar-refractivity contribution in [3.8, 4) is 0 Å². The van der Waals surface area contributed by atoms with Crippen LogP contribution < -0.4 is 5.32 Å². The number of halogens is 2. The van der Waals surface area contributed by atoms with Gasteiger partial charge in [-0.15, -0.1) is 0 Å². The number of benzene rings is 2. The fourth-order valence-corrected chi connectivity index (χ4v) is 3.29. The molecular formula is C20H19ClFN3O3. The van der Waals surface area contributed by atoms with E-state index in [1.807, 2.05) is 6.07 Å². The van der Waals surface area contributed by atoms with Crippen molar-refractivity contribution < 1.29 is 18.8 Å². The molecule has 6 nitrogen and oxygen atoms in total. The van der Waals surface area contributed by atoms with Crippen LogP contribution >= 0.6 is 11.6 Å². The van der Waals surface area contributed by atoms with Crippen molar-refractivity contribution in [1.29, 1.82) is 0 Å². The molecule has 4 amide bonds. The monoisotopic (exact) mass is 403 g/mol. The Morgan fingerprint density at radius 1 is 1.21 bits per heavy atom. The van der Waals surface area contributed by atoms with Gasteiger partial charge in [-0.3, -0.25) is 14.5 Å². The second-order valence-corrected chi connectivity index (χ2v) is 7.27. The standard InChI is InChI=1S/C20H19ClFN3O3/c1-20(14-6-8-16(22)9-7-14)18(27)25(19(28)23-20)12-17(26)24(2)11-13-4-3-5-15(21)10-13/h3-10H,11-12H2,1-2H3,(H,23,28). The van der Waals surface area contributed by atoms with Crippen molar-refractivity contribution in [2.75, 3.05) is 13.6 Å². The van der Waals surface area contributed by atoms with Gasteiger partial charge in [0.1, 0.15) is 17.9 Å². The number of amides is 4. The summed E-state index contributed by atoms with van der Waals surface area (Å²) in [7, 11) is 1.58. The molecule has 0 radical (unpaired) electrons. The number of imide groups is 1. The van der Waals surface area contributed by atoms with Crippen LogP contribution in [0.3, 0.4) is 0 Å². The second kappa shape index (κ2) is 7.59. The van der Waals surface area contributed by atoms with Gasteiger partial charge in [0, 0.05) is 18.6 Å². The lowest BCUT2D eigenvalue weighted by Crippen LogP contribution is -2.43. The summed E-state index contributed by atoms with van der Waals surface area (Å²) < 4.78 is 13.2. The summed E-state index contributed by atoms with van der Waals surface area (Å²) in [5.74, 6) is -1.40. The molecule has 1 heterocycles. The summed E-state index contributed by atoms with van der Waals surface area (Å²) in [6, 6.07) is 11.7. The number of nitrogens with one attached hydrogen (secondary N) is 1. The number of carbonyl (C=O) groups excluding carboxylic acids is 3. The van der Waals surface area contributed by atoms with Crippen LogP contribution in [0.25, 0.3) is 0 Å². The van der Waals surface area contributed by atoms with E-state index in [0.717, 1.165) is 10.5 Å². The fourth-order valence-electron chi connectivity index (χ4n) is 3.07. The Hall–Kier alpha value is -2.93. The summed E-state index contributed by atoms with van der Waals surface area (Å²) in [6.07, 6.45) is 0. The zero-order valence-electron chi connectivity index (χ0n) is 15.4. The first-order chi connectivity index (χ1) is 13.2. The third-order valence-corrected chi connectivity index (χ3v) is 4.96. The smallest absolute Gasteiger partial charge is 0.325 e. The van der Waals surface area contributed by atoms with Gasteiger partial charge in [-0.25, -0.2) is 9.18 Å². The predicted octanol–water partition coefficient (Wildman–Crippen LogP) is 2.90. The Morgan fingerprint density at radius 3 is 2.54 bits per heavy atom. The lowest BCUT2D eigenvalue weighted by atomic mass is 9.92. The van der Waals surface area contributed by atoms with Gasteiger partial charge in [0.25, 0.3) is 5.91 Å². The minimum atomic E-state index is -1.35. The molecule has 1 aliphatic heterocycles. The van der Waals surface area contributed by atoms with E-state index < -0.39 is 35.7 Å². The molecule has 1 fully saturated rings. The molecular weight excluding hydrogens is 385 g/mol. The van der Waals surface area contributed by atoms with Gasteiger partial charge >= 0.3 is 6.03 Å². The maximum atomic E-state index is 13.2. The van der Waals surface area contributed by atoms with Crippen molar-refractivity contribution >= 4 is 29.4 Å². The molecule has 1 N–H and O–H groups in total. The average molecular weight is 404 g/mol. The van der Waals surface area contributed by atoms with Crippen LogP contribution in [0.15, 0.2) is 48.5 Å². The number of nitrogens with zero attached hydrogens (tertiary/aromatic N) is 2. The van der Waals surface area contributed by atoms with Crippen molar-refractivity contribution in [2.45, 2.75) is 19.0 Å². The van der Waals surface area contributed by atoms with Gasteiger partial charge < -0.3 is 10.2 Å². The van der Waals surface area contributed by atoms with Gasteiger partial charge in [0.2, 0.25) is 5.91 Å². The number of likely N-dealkylation sites (N-methyl/N-ethyl adjacent to an activating group) is 1. The van der Waals surface area contributed by atoms with E-state index in [2.05, 4.69) is 5.32 Å². The van der Waals surface area contributed by atoms with Crippen LogP contribution in [0.2, 0.25) is 5.02 Å². The van der Waals surface area contributed by atoms with Crippen molar-refractivity contribution in [3.63, 3.8) is 0 Å². The normalized spacial score (nSPS) is 18.9. The molecule has 1 unspecified atom stereocenters. The van der Waals surface area contributed by atoms with E-state index >= 15 is 0 Å². The van der Waals surface area contributed by atoms with Crippen LogP contribution in [-0.4, -0.2) is 41.2 Å². The first-order valence-electron chi connectivity index (χ1n) is 8.59. The fraction of sp³-hybridized carbons (Fsp3) is 0.250. The van der Waals surface area contributed by atoms with E-state index in [0.29, 0.717) is 10.6 Å².